The number of fused-ring (bicyclic) bond motifs is 1. The van der Waals surface area contributed by atoms with Gasteiger partial charge >= 0.3 is 0 Å². The smallest absolute Gasteiger partial charge is 0.254 e. The Morgan fingerprint density at radius 3 is 2.58 bits per heavy atom. The minimum atomic E-state index is -0.0297. The highest BCUT2D eigenvalue weighted by Crippen LogP contribution is 2.32. The third-order valence-electron chi connectivity index (χ3n) is 4.98. The second-order valence-corrected chi connectivity index (χ2v) is 7.15. The van der Waals surface area contributed by atoms with Gasteiger partial charge in [0, 0.05) is 29.7 Å². The molecule has 0 unspecified atom stereocenters. The van der Waals surface area contributed by atoms with Gasteiger partial charge in [-0.3, -0.25) is 9.59 Å². The van der Waals surface area contributed by atoms with Crippen LogP contribution in [-0.4, -0.2) is 29.7 Å². The van der Waals surface area contributed by atoms with E-state index in [1.807, 2.05) is 48.5 Å². The molecule has 0 aromatic heterocycles. The number of amides is 1. The summed E-state index contributed by atoms with van der Waals surface area (Å²) in [6, 6.07) is 15.6. The van der Waals surface area contributed by atoms with Gasteiger partial charge in [-0.15, -0.1) is 0 Å². The zero-order valence-corrected chi connectivity index (χ0v) is 14.7. The van der Waals surface area contributed by atoms with E-state index >= 15 is 0 Å². The van der Waals surface area contributed by atoms with E-state index in [1.165, 1.54) is 0 Å². The molecule has 1 fully saturated rings. The molecule has 0 atom stereocenters. The minimum absolute atomic E-state index is 0.0297. The fourth-order valence-corrected chi connectivity index (χ4v) is 3.35. The van der Waals surface area contributed by atoms with E-state index in [0.717, 1.165) is 36.0 Å². The third kappa shape index (κ3) is 3.86. The lowest BCUT2D eigenvalue weighted by atomic mass is 9.96. The molecule has 26 heavy (non-hydrogen) atoms. The van der Waals surface area contributed by atoms with Crippen LogP contribution < -0.4 is 0 Å². The average molecular weight is 343 g/mol. The number of hydrogen-bond donors (Lipinski definition) is 0. The Morgan fingerprint density at radius 2 is 1.81 bits per heavy atom. The van der Waals surface area contributed by atoms with Gasteiger partial charge in [0.05, 0.1) is 6.54 Å². The molecule has 2 aliphatic rings. The van der Waals surface area contributed by atoms with Crippen molar-refractivity contribution in [1.29, 1.82) is 0 Å². The SMILES string of the molecule is O=C(CC1CC1)CN1CCc2cc(C#Cc3ccccc3)ccc2C1=O. The molecule has 0 bridgehead atoms. The van der Waals surface area contributed by atoms with Crippen LogP contribution in [0.15, 0.2) is 48.5 Å². The summed E-state index contributed by atoms with van der Waals surface area (Å²) in [6.45, 7) is 0.863. The summed E-state index contributed by atoms with van der Waals surface area (Å²) in [5.41, 5.74) is 3.63. The van der Waals surface area contributed by atoms with Crippen molar-refractivity contribution < 1.29 is 9.59 Å². The topological polar surface area (TPSA) is 37.4 Å². The van der Waals surface area contributed by atoms with E-state index in [1.54, 1.807) is 4.90 Å². The van der Waals surface area contributed by atoms with Crippen molar-refractivity contribution in [2.75, 3.05) is 13.1 Å². The first-order valence-corrected chi connectivity index (χ1v) is 9.20. The first-order valence-electron chi connectivity index (χ1n) is 9.20. The normalized spacial score (nSPS) is 15.8. The molecule has 1 saturated carbocycles. The zero-order chi connectivity index (χ0) is 17.9. The van der Waals surface area contributed by atoms with Crippen molar-refractivity contribution in [3.05, 3.63) is 70.8 Å². The molecule has 130 valence electrons. The third-order valence-corrected chi connectivity index (χ3v) is 4.98. The predicted octanol–water partition coefficient (Wildman–Crippen LogP) is 3.45. The van der Waals surface area contributed by atoms with Gasteiger partial charge in [0.1, 0.15) is 0 Å². The second kappa shape index (κ2) is 7.17. The molecule has 0 saturated heterocycles. The molecular formula is C23H21NO2. The van der Waals surface area contributed by atoms with Gasteiger partial charge in [-0.2, -0.15) is 0 Å². The first-order chi connectivity index (χ1) is 12.7. The Balaban J connectivity index is 1.47. The van der Waals surface area contributed by atoms with Crippen molar-refractivity contribution in [3.8, 4) is 11.8 Å². The Hall–Kier alpha value is -2.86. The van der Waals surface area contributed by atoms with Gasteiger partial charge in [-0.05, 0) is 61.1 Å². The Bertz CT molecular complexity index is 901. The highest BCUT2D eigenvalue weighted by molar-refractivity contribution is 5.99. The number of nitrogens with zero attached hydrogens (tertiary/aromatic N) is 1. The summed E-state index contributed by atoms with van der Waals surface area (Å²) < 4.78 is 0. The van der Waals surface area contributed by atoms with E-state index in [0.29, 0.717) is 24.4 Å². The minimum Gasteiger partial charge on any atom is -0.331 e. The van der Waals surface area contributed by atoms with Crippen LogP contribution in [0, 0.1) is 17.8 Å². The molecule has 0 spiro atoms. The lowest BCUT2D eigenvalue weighted by Gasteiger charge is -2.28. The molecule has 2 aromatic carbocycles. The van der Waals surface area contributed by atoms with Crippen LogP contribution in [0.3, 0.4) is 0 Å². The van der Waals surface area contributed by atoms with Crippen molar-refractivity contribution in [1.82, 2.24) is 4.90 Å². The van der Waals surface area contributed by atoms with Crippen LogP contribution in [0.2, 0.25) is 0 Å². The number of Topliss-reactive ketones (excluding diaryl/α,β-unsaturated/α-hetero) is 1. The number of ketones is 1. The van der Waals surface area contributed by atoms with Crippen molar-refractivity contribution in [2.45, 2.75) is 25.7 Å². The summed E-state index contributed by atoms with van der Waals surface area (Å²) in [6.07, 6.45) is 3.73. The van der Waals surface area contributed by atoms with Gasteiger partial charge in [0.15, 0.2) is 5.78 Å². The van der Waals surface area contributed by atoms with E-state index in [-0.39, 0.29) is 18.2 Å². The van der Waals surface area contributed by atoms with Crippen LogP contribution in [-0.2, 0) is 11.2 Å². The molecule has 1 heterocycles. The maximum absolute atomic E-state index is 12.7. The Kier molecular flexibility index (Phi) is 4.58. The first kappa shape index (κ1) is 16.6. The van der Waals surface area contributed by atoms with Gasteiger partial charge in [-0.25, -0.2) is 0 Å². The summed E-state index contributed by atoms with van der Waals surface area (Å²) in [5.74, 6) is 7.05. The molecule has 4 rings (SSSR count). The van der Waals surface area contributed by atoms with Crippen LogP contribution in [0.4, 0.5) is 0 Å². The number of rotatable bonds is 4. The largest absolute Gasteiger partial charge is 0.331 e. The van der Waals surface area contributed by atoms with E-state index < -0.39 is 0 Å². The highest BCUT2D eigenvalue weighted by Gasteiger charge is 2.29. The maximum atomic E-state index is 12.7. The molecule has 1 aliphatic heterocycles. The standard InChI is InChI=1S/C23H21NO2/c25-21(15-19-8-9-19)16-24-13-12-20-14-18(10-11-22(20)23(24)26)7-6-17-4-2-1-3-5-17/h1-5,10-11,14,19H,8-9,12-13,15-16H2. The molecule has 1 aliphatic carbocycles. The molecule has 0 radical (unpaired) electrons. The highest BCUT2D eigenvalue weighted by atomic mass is 16.2. The Labute approximate surface area is 154 Å². The lowest BCUT2D eigenvalue weighted by Crippen LogP contribution is -2.40. The fourth-order valence-electron chi connectivity index (χ4n) is 3.35. The predicted molar refractivity (Wildman–Crippen MR) is 101 cm³/mol. The zero-order valence-electron chi connectivity index (χ0n) is 14.7. The van der Waals surface area contributed by atoms with Crippen molar-refractivity contribution in [3.63, 3.8) is 0 Å². The number of hydrogen-bond acceptors (Lipinski definition) is 2. The van der Waals surface area contributed by atoms with Crippen molar-refractivity contribution in [2.24, 2.45) is 5.92 Å². The van der Waals surface area contributed by atoms with Crippen molar-refractivity contribution >= 4 is 11.7 Å². The number of benzene rings is 2. The van der Waals surface area contributed by atoms with Gasteiger partial charge < -0.3 is 4.90 Å². The Morgan fingerprint density at radius 1 is 1.04 bits per heavy atom. The van der Waals surface area contributed by atoms with E-state index in [4.69, 9.17) is 0 Å². The quantitative estimate of drug-likeness (QED) is 0.798. The van der Waals surface area contributed by atoms with Gasteiger partial charge in [0.2, 0.25) is 0 Å². The maximum Gasteiger partial charge on any atom is 0.254 e. The molecular weight excluding hydrogens is 322 g/mol. The van der Waals surface area contributed by atoms with E-state index in [2.05, 4.69) is 11.8 Å². The van der Waals surface area contributed by atoms with E-state index in [9.17, 15) is 9.59 Å². The summed E-state index contributed by atoms with van der Waals surface area (Å²) >= 11 is 0. The monoisotopic (exact) mass is 343 g/mol. The van der Waals surface area contributed by atoms with Gasteiger partial charge in [-0.1, -0.05) is 30.0 Å². The molecule has 0 N–H and O–H groups in total. The molecule has 3 nitrogen and oxygen atoms in total. The average Bonchev–Trinajstić information content (AvgIpc) is 3.47. The second-order valence-electron chi connectivity index (χ2n) is 7.15. The molecule has 3 heteroatoms. The van der Waals surface area contributed by atoms with Crippen LogP contribution >= 0.6 is 0 Å². The van der Waals surface area contributed by atoms with Gasteiger partial charge in [0.25, 0.3) is 5.91 Å². The lowest BCUT2D eigenvalue weighted by molar-refractivity contribution is -0.120. The fraction of sp³-hybridized carbons (Fsp3) is 0.304. The summed E-state index contributed by atoms with van der Waals surface area (Å²) in [7, 11) is 0. The van der Waals surface area contributed by atoms with Crippen LogP contribution in [0.25, 0.3) is 0 Å². The van der Waals surface area contributed by atoms with Crippen LogP contribution in [0.5, 0.6) is 0 Å². The molecule has 1 amide bonds. The number of carbonyl (C=O) groups is 2. The summed E-state index contributed by atoms with van der Waals surface area (Å²) in [4.78, 5) is 26.5. The summed E-state index contributed by atoms with van der Waals surface area (Å²) in [5, 5.41) is 0. The van der Waals surface area contributed by atoms with Crippen LogP contribution in [0.1, 0.15) is 46.3 Å². The molecule has 2 aromatic rings. The number of carbonyl (C=O) groups excluding carboxylic acids is 2.